The molecule has 0 bridgehead atoms. The summed E-state index contributed by atoms with van der Waals surface area (Å²) in [4.78, 5) is 21.9. The molecule has 0 aliphatic carbocycles. The minimum Gasteiger partial charge on any atom is -0.399 e. The normalized spacial score (nSPS) is 10.0. The van der Waals surface area contributed by atoms with E-state index >= 15 is 0 Å². The lowest BCUT2D eigenvalue weighted by Crippen LogP contribution is -2.29. The van der Waals surface area contributed by atoms with Crippen molar-refractivity contribution in [2.24, 2.45) is 5.73 Å². The highest BCUT2D eigenvalue weighted by Gasteiger charge is 2.02. The average molecular weight is 251 g/mol. The molecule has 1 rings (SSSR count). The molecule has 0 fully saturated rings. The summed E-state index contributed by atoms with van der Waals surface area (Å²) in [6, 6.07) is 7.11. The number of carbonyl (C=O) groups is 2. The molecule has 0 saturated heterocycles. The fourth-order valence-electron chi connectivity index (χ4n) is 1.32. The number of amides is 2. The second-order valence-electron chi connectivity index (χ2n) is 3.79. The Bertz CT molecular complexity index is 404. The van der Waals surface area contributed by atoms with E-state index in [1.165, 1.54) is 0 Å². The van der Waals surface area contributed by atoms with Crippen LogP contribution in [0.2, 0.25) is 0 Å². The summed E-state index contributed by atoms with van der Waals surface area (Å²) in [7, 11) is 0. The maximum atomic E-state index is 11.5. The fourth-order valence-corrected chi connectivity index (χ4v) is 1.32. The Morgan fingerprint density at radius 1 is 1.22 bits per heavy atom. The SMILES string of the molecule is NC(=O)COCCNC(=O)Cc1ccc(N)cc1. The van der Waals surface area contributed by atoms with Crippen LogP contribution in [-0.2, 0) is 20.7 Å². The number of ether oxygens (including phenoxy) is 1. The van der Waals surface area contributed by atoms with Crippen LogP contribution in [0.4, 0.5) is 5.69 Å². The molecule has 98 valence electrons. The van der Waals surface area contributed by atoms with Crippen LogP contribution in [0.25, 0.3) is 0 Å². The first-order valence-electron chi connectivity index (χ1n) is 5.55. The molecule has 0 aliphatic heterocycles. The van der Waals surface area contributed by atoms with Gasteiger partial charge in [-0.3, -0.25) is 9.59 Å². The number of nitrogens with one attached hydrogen (secondary N) is 1. The largest absolute Gasteiger partial charge is 0.399 e. The molecule has 6 nitrogen and oxygen atoms in total. The van der Waals surface area contributed by atoms with Crippen LogP contribution in [0.15, 0.2) is 24.3 Å². The van der Waals surface area contributed by atoms with Crippen molar-refractivity contribution in [3.63, 3.8) is 0 Å². The Morgan fingerprint density at radius 2 is 1.89 bits per heavy atom. The van der Waals surface area contributed by atoms with Crippen LogP contribution in [-0.4, -0.2) is 31.6 Å². The minimum absolute atomic E-state index is 0.109. The summed E-state index contributed by atoms with van der Waals surface area (Å²) in [6.07, 6.45) is 0.288. The van der Waals surface area contributed by atoms with Crippen molar-refractivity contribution in [3.8, 4) is 0 Å². The van der Waals surface area contributed by atoms with E-state index in [2.05, 4.69) is 5.32 Å². The molecular weight excluding hydrogens is 234 g/mol. The van der Waals surface area contributed by atoms with Gasteiger partial charge in [-0.05, 0) is 17.7 Å². The number of rotatable bonds is 7. The number of hydrogen-bond donors (Lipinski definition) is 3. The van der Waals surface area contributed by atoms with Gasteiger partial charge in [-0.1, -0.05) is 12.1 Å². The zero-order valence-electron chi connectivity index (χ0n) is 10.0. The molecule has 2 amide bonds. The third-order valence-electron chi connectivity index (χ3n) is 2.16. The molecule has 0 saturated carbocycles. The first kappa shape index (κ1) is 14.0. The van der Waals surface area contributed by atoms with Gasteiger partial charge in [-0.25, -0.2) is 0 Å². The summed E-state index contributed by atoms with van der Waals surface area (Å²) >= 11 is 0. The molecule has 1 aromatic rings. The lowest BCUT2D eigenvalue weighted by molar-refractivity contribution is -0.122. The van der Waals surface area contributed by atoms with Gasteiger partial charge in [-0.2, -0.15) is 0 Å². The van der Waals surface area contributed by atoms with Crippen LogP contribution < -0.4 is 16.8 Å². The molecule has 1 aromatic carbocycles. The Balaban J connectivity index is 2.17. The summed E-state index contributed by atoms with van der Waals surface area (Å²) < 4.78 is 4.91. The van der Waals surface area contributed by atoms with Gasteiger partial charge in [0.05, 0.1) is 13.0 Å². The molecule has 0 aromatic heterocycles. The third-order valence-corrected chi connectivity index (χ3v) is 2.16. The standard InChI is InChI=1S/C12H17N3O3/c13-10-3-1-9(2-4-10)7-12(17)15-5-6-18-8-11(14)16/h1-4H,5-8,13H2,(H2,14,16)(H,15,17). The van der Waals surface area contributed by atoms with Crippen molar-refractivity contribution in [1.82, 2.24) is 5.32 Å². The van der Waals surface area contributed by atoms with Crippen molar-refractivity contribution in [2.75, 3.05) is 25.5 Å². The van der Waals surface area contributed by atoms with Gasteiger partial charge in [-0.15, -0.1) is 0 Å². The number of nitrogen functional groups attached to an aromatic ring is 1. The third kappa shape index (κ3) is 5.86. The topological polar surface area (TPSA) is 107 Å². The van der Waals surface area contributed by atoms with Crippen LogP contribution in [0.5, 0.6) is 0 Å². The predicted molar refractivity (Wildman–Crippen MR) is 67.6 cm³/mol. The van der Waals surface area contributed by atoms with Crippen LogP contribution in [0.1, 0.15) is 5.56 Å². The number of carbonyl (C=O) groups excluding carboxylic acids is 2. The lowest BCUT2D eigenvalue weighted by Gasteiger charge is -2.05. The summed E-state index contributed by atoms with van der Waals surface area (Å²) in [5.74, 6) is -0.634. The van der Waals surface area contributed by atoms with Gasteiger partial charge in [0, 0.05) is 12.2 Å². The van der Waals surface area contributed by atoms with Gasteiger partial charge >= 0.3 is 0 Å². The highest BCUT2D eigenvalue weighted by molar-refractivity contribution is 5.78. The van der Waals surface area contributed by atoms with Crippen molar-refractivity contribution in [3.05, 3.63) is 29.8 Å². The molecule has 5 N–H and O–H groups in total. The Kier molecular flexibility index (Phi) is 5.66. The molecule has 0 spiro atoms. The second kappa shape index (κ2) is 7.29. The van der Waals surface area contributed by atoms with E-state index in [0.717, 1.165) is 5.56 Å². The molecule has 18 heavy (non-hydrogen) atoms. The minimum atomic E-state index is -0.525. The number of hydrogen-bond acceptors (Lipinski definition) is 4. The summed E-state index contributed by atoms with van der Waals surface area (Å²) in [5.41, 5.74) is 12.0. The number of nitrogens with two attached hydrogens (primary N) is 2. The Labute approximate surface area is 105 Å². The number of anilines is 1. The molecule has 0 heterocycles. The zero-order chi connectivity index (χ0) is 13.4. The van der Waals surface area contributed by atoms with Crippen LogP contribution >= 0.6 is 0 Å². The molecule has 6 heteroatoms. The van der Waals surface area contributed by atoms with Crippen molar-refractivity contribution >= 4 is 17.5 Å². The van der Waals surface area contributed by atoms with Gasteiger partial charge in [0.15, 0.2) is 0 Å². The molecular formula is C12H17N3O3. The molecule has 0 atom stereocenters. The summed E-state index contributed by atoms with van der Waals surface area (Å²) in [6.45, 7) is 0.478. The second-order valence-corrected chi connectivity index (χ2v) is 3.79. The van der Waals surface area contributed by atoms with E-state index in [0.29, 0.717) is 12.2 Å². The lowest BCUT2D eigenvalue weighted by atomic mass is 10.1. The van der Waals surface area contributed by atoms with Crippen molar-refractivity contribution < 1.29 is 14.3 Å². The van der Waals surface area contributed by atoms with E-state index in [1.807, 2.05) is 0 Å². The highest BCUT2D eigenvalue weighted by atomic mass is 16.5. The fraction of sp³-hybridized carbons (Fsp3) is 0.333. The maximum Gasteiger partial charge on any atom is 0.243 e. The quantitative estimate of drug-likeness (QED) is 0.445. The highest BCUT2D eigenvalue weighted by Crippen LogP contribution is 2.05. The monoisotopic (exact) mass is 251 g/mol. The van der Waals surface area contributed by atoms with E-state index < -0.39 is 5.91 Å². The zero-order valence-corrected chi connectivity index (χ0v) is 10.0. The van der Waals surface area contributed by atoms with E-state index in [4.69, 9.17) is 16.2 Å². The van der Waals surface area contributed by atoms with Crippen LogP contribution in [0, 0.1) is 0 Å². The van der Waals surface area contributed by atoms with E-state index in [9.17, 15) is 9.59 Å². The smallest absolute Gasteiger partial charge is 0.243 e. The maximum absolute atomic E-state index is 11.5. The molecule has 0 radical (unpaired) electrons. The summed E-state index contributed by atoms with van der Waals surface area (Å²) in [5, 5.41) is 2.67. The van der Waals surface area contributed by atoms with E-state index in [-0.39, 0.29) is 25.5 Å². The van der Waals surface area contributed by atoms with Gasteiger partial charge in [0.1, 0.15) is 6.61 Å². The first-order valence-corrected chi connectivity index (χ1v) is 5.55. The first-order chi connectivity index (χ1) is 8.58. The Morgan fingerprint density at radius 3 is 2.50 bits per heavy atom. The average Bonchev–Trinajstić information content (AvgIpc) is 2.31. The molecule has 0 unspecified atom stereocenters. The van der Waals surface area contributed by atoms with Crippen molar-refractivity contribution in [2.45, 2.75) is 6.42 Å². The predicted octanol–water partition coefficient (Wildman–Crippen LogP) is -0.571. The van der Waals surface area contributed by atoms with Crippen molar-refractivity contribution in [1.29, 1.82) is 0 Å². The van der Waals surface area contributed by atoms with Gasteiger partial charge < -0.3 is 21.5 Å². The van der Waals surface area contributed by atoms with Crippen LogP contribution in [0.3, 0.4) is 0 Å². The number of benzene rings is 1. The molecule has 0 aliphatic rings. The van der Waals surface area contributed by atoms with Gasteiger partial charge in [0.2, 0.25) is 11.8 Å². The van der Waals surface area contributed by atoms with E-state index in [1.54, 1.807) is 24.3 Å². The Hall–Kier alpha value is -2.08. The number of primary amides is 1. The van der Waals surface area contributed by atoms with Gasteiger partial charge in [0.25, 0.3) is 0 Å².